The second-order valence-electron chi connectivity index (χ2n) is 2.45. The van der Waals surface area contributed by atoms with E-state index in [4.69, 9.17) is 4.74 Å². The number of hydrogen-bond acceptors (Lipinski definition) is 1. The van der Waals surface area contributed by atoms with Crippen molar-refractivity contribution < 1.29 is 4.74 Å². The van der Waals surface area contributed by atoms with Crippen molar-refractivity contribution in [2.24, 2.45) is 0 Å². The number of rotatable bonds is 7. The van der Waals surface area contributed by atoms with Crippen LogP contribution in [0.2, 0.25) is 10.5 Å². The van der Waals surface area contributed by atoms with E-state index in [-0.39, 0.29) is 0 Å². The van der Waals surface area contributed by atoms with Crippen molar-refractivity contribution in [3.05, 3.63) is 0 Å². The second-order valence-corrected chi connectivity index (χ2v) is 5.60. The molecule has 0 aliphatic heterocycles. The molecular formula is C8H18GeO. The molecular weight excluding hydrogens is 185 g/mol. The topological polar surface area (TPSA) is 9.23 Å². The summed E-state index contributed by atoms with van der Waals surface area (Å²) in [5.74, 6) is 0. The zero-order valence-corrected chi connectivity index (χ0v) is 9.25. The molecule has 0 rings (SSSR count). The van der Waals surface area contributed by atoms with Gasteiger partial charge in [-0.2, -0.15) is 0 Å². The second kappa shape index (κ2) is 9.50. The molecule has 0 saturated carbocycles. The molecule has 0 unspecified atom stereocenters. The van der Waals surface area contributed by atoms with Crippen molar-refractivity contribution in [3.63, 3.8) is 0 Å². The molecule has 1 nitrogen and oxygen atoms in total. The first-order valence-corrected chi connectivity index (χ1v) is 7.08. The van der Waals surface area contributed by atoms with Gasteiger partial charge in [0, 0.05) is 0 Å². The summed E-state index contributed by atoms with van der Waals surface area (Å²) in [6.45, 7) is 3.23. The number of hydrogen-bond donors (Lipinski definition) is 0. The van der Waals surface area contributed by atoms with Gasteiger partial charge in [0.05, 0.1) is 0 Å². The fourth-order valence-electron chi connectivity index (χ4n) is 0.768. The minimum absolute atomic E-state index is 0.409. The molecule has 0 atom stereocenters. The summed E-state index contributed by atoms with van der Waals surface area (Å²) >= 11 is 0.409. The average molecular weight is 203 g/mol. The third kappa shape index (κ3) is 8.50. The average Bonchev–Trinajstić information content (AvgIpc) is 1.97. The number of ether oxygens (including phenoxy) is 1. The van der Waals surface area contributed by atoms with Gasteiger partial charge in [-0.25, -0.2) is 0 Å². The molecule has 0 spiro atoms. The van der Waals surface area contributed by atoms with E-state index in [2.05, 4.69) is 6.92 Å². The van der Waals surface area contributed by atoms with Crippen molar-refractivity contribution in [3.8, 4) is 0 Å². The van der Waals surface area contributed by atoms with Gasteiger partial charge in [0.25, 0.3) is 0 Å². The van der Waals surface area contributed by atoms with E-state index in [9.17, 15) is 0 Å². The summed E-state index contributed by atoms with van der Waals surface area (Å²) in [7, 11) is 1.78. The monoisotopic (exact) mass is 204 g/mol. The Morgan fingerprint density at radius 1 is 1.20 bits per heavy atom. The molecule has 2 heteroatoms. The SMILES string of the molecule is CCC[CH2][Ge][CH2]CCOC. The van der Waals surface area contributed by atoms with Gasteiger partial charge in [-0.05, 0) is 0 Å². The molecule has 0 amide bonds. The van der Waals surface area contributed by atoms with Crippen molar-refractivity contribution in [2.75, 3.05) is 13.7 Å². The molecule has 0 aromatic carbocycles. The predicted octanol–water partition coefficient (Wildman–Crippen LogP) is 2.36. The van der Waals surface area contributed by atoms with Crippen LogP contribution in [0, 0.1) is 0 Å². The Kier molecular flexibility index (Phi) is 9.98. The van der Waals surface area contributed by atoms with E-state index in [1.807, 2.05) is 0 Å². The van der Waals surface area contributed by atoms with Crippen molar-refractivity contribution in [1.82, 2.24) is 0 Å². The molecule has 0 fully saturated rings. The van der Waals surface area contributed by atoms with E-state index >= 15 is 0 Å². The van der Waals surface area contributed by atoms with Gasteiger partial charge in [-0.3, -0.25) is 0 Å². The van der Waals surface area contributed by atoms with Gasteiger partial charge in [0.1, 0.15) is 0 Å². The third-order valence-corrected chi connectivity index (χ3v) is 4.38. The van der Waals surface area contributed by atoms with Crippen LogP contribution in [0.3, 0.4) is 0 Å². The van der Waals surface area contributed by atoms with Crippen LogP contribution in [0.4, 0.5) is 0 Å². The van der Waals surface area contributed by atoms with Crippen LogP contribution < -0.4 is 0 Å². The molecule has 10 heavy (non-hydrogen) atoms. The van der Waals surface area contributed by atoms with Crippen LogP contribution in [0.15, 0.2) is 0 Å². The van der Waals surface area contributed by atoms with Crippen molar-refractivity contribution in [2.45, 2.75) is 36.7 Å². The van der Waals surface area contributed by atoms with Crippen molar-refractivity contribution in [1.29, 1.82) is 0 Å². The summed E-state index contributed by atoms with van der Waals surface area (Å²) < 4.78 is 4.97. The molecule has 2 radical (unpaired) electrons. The summed E-state index contributed by atoms with van der Waals surface area (Å²) in [4.78, 5) is 0. The number of methoxy groups -OCH3 is 1. The maximum atomic E-state index is 4.97. The normalized spacial score (nSPS) is 10.2. The predicted molar refractivity (Wildman–Crippen MR) is 46.8 cm³/mol. The van der Waals surface area contributed by atoms with Gasteiger partial charge in [-0.15, -0.1) is 0 Å². The van der Waals surface area contributed by atoms with Gasteiger partial charge in [0.2, 0.25) is 0 Å². The summed E-state index contributed by atoms with van der Waals surface area (Å²) in [5, 5.41) is 2.99. The van der Waals surface area contributed by atoms with E-state index in [1.165, 1.54) is 29.8 Å². The van der Waals surface area contributed by atoms with Crippen LogP contribution in [-0.4, -0.2) is 29.1 Å². The number of unbranched alkanes of at least 4 members (excludes halogenated alkanes) is 1. The van der Waals surface area contributed by atoms with Crippen LogP contribution in [0.5, 0.6) is 0 Å². The summed E-state index contributed by atoms with van der Waals surface area (Å²) in [6.07, 6.45) is 4.11. The van der Waals surface area contributed by atoms with Gasteiger partial charge in [0.15, 0.2) is 0 Å². The molecule has 0 heterocycles. The Bertz CT molecular complexity index is 49.2. The summed E-state index contributed by atoms with van der Waals surface area (Å²) in [6, 6.07) is 0. The standard InChI is InChI=1S/C8H18GeO/c1-3-4-6-9-7-5-8-10-2/h3-8H2,1-2H3. The van der Waals surface area contributed by atoms with Crippen LogP contribution >= 0.6 is 0 Å². The molecule has 0 N–H and O–H groups in total. The maximum absolute atomic E-state index is 4.97. The molecule has 0 aliphatic rings. The molecule has 0 aromatic rings. The van der Waals surface area contributed by atoms with E-state index in [0.29, 0.717) is 15.4 Å². The summed E-state index contributed by atoms with van der Waals surface area (Å²) in [5.41, 5.74) is 0. The Balaban J connectivity index is 2.65. The first-order valence-electron chi connectivity index (χ1n) is 4.11. The fraction of sp³-hybridized carbons (Fsp3) is 1.00. The first-order chi connectivity index (χ1) is 4.91. The van der Waals surface area contributed by atoms with E-state index in [1.54, 1.807) is 7.11 Å². The minimum atomic E-state index is 0.409. The van der Waals surface area contributed by atoms with Crippen LogP contribution in [0.25, 0.3) is 0 Å². The third-order valence-electron chi connectivity index (χ3n) is 1.41. The molecule has 0 saturated heterocycles. The van der Waals surface area contributed by atoms with Gasteiger partial charge < -0.3 is 0 Å². The zero-order valence-electron chi connectivity index (χ0n) is 7.15. The van der Waals surface area contributed by atoms with Gasteiger partial charge in [-0.1, -0.05) is 0 Å². The Morgan fingerprint density at radius 3 is 2.50 bits per heavy atom. The molecule has 0 bridgehead atoms. The van der Waals surface area contributed by atoms with E-state index < -0.39 is 0 Å². The van der Waals surface area contributed by atoms with Crippen LogP contribution in [0.1, 0.15) is 26.2 Å². The quantitative estimate of drug-likeness (QED) is 0.455. The molecule has 0 aliphatic carbocycles. The van der Waals surface area contributed by atoms with Crippen molar-refractivity contribution >= 4 is 15.4 Å². The van der Waals surface area contributed by atoms with Crippen LogP contribution in [-0.2, 0) is 4.74 Å². The van der Waals surface area contributed by atoms with Gasteiger partial charge >= 0.3 is 70.6 Å². The zero-order chi connectivity index (χ0) is 7.66. The molecule has 60 valence electrons. The fourth-order valence-corrected chi connectivity index (χ4v) is 3.39. The van der Waals surface area contributed by atoms with E-state index in [0.717, 1.165) is 6.61 Å². The Hall–Kier alpha value is 0.503. The Morgan fingerprint density at radius 2 is 1.90 bits per heavy atom. The Labute approximate surface area is 71.0 Å². The first kappa shape index (κ1) is 10.5. The molecule has 0 aromatic heterocycles.